The van der Waals surface area contributed by atoms with Crippen molar-refractivity contribution >= 4 is 11.9 Å². The van der Waals surface area contributed by atoms with Crippen LogP contribution in [0.25, 0.3) is 0 Å². The lowest BCUT2D eigenvalue weighted by Gasteiger charge is -2.35. The molecule has 1 aliphatic heterocycles. The first-order valence-corrected chi connectivity index (χ1v) is 7.70. The molecule has 0 radical (unpaired) electrons. The van der Waals surface area contributed by atoms with Crippen LogP contribution in [0.3, 0.4) is 0 Å². The Hall–Kier alpha value is -1.10. The van der Waals surface area contributed by atoms with Gasteiger partial charge in [-0.2, -0.15) is 0 Å². The monoisotopic (exact) mass is 283 g/mol. The molecule has 0 bridgehead atoms. The van der Waals surface area contributed by atoms with Gasteiger partial charge in [0, 0.05) is 12.5 Å². The number of amides is 1. The Bertz CT molecular complexity index is 352. The highest BCUT2D eigenvalue weighted by Crippen LogP contribution is 2.30. The van der Waals surface area contributed by atoms with Gasteiger partial charge in [-0.05, 0) is 12.3 Å². The highest BCUT2D eigenvalue weighted by Gasteiger charge is 2.35. The fraction of sp³-hybridized carbons (Fsp3) is 0.867. The SMILES string of the molecule is CC(CC1CCCCC1)C(=O)N1CCOCC1C(=O)O. The lowest BCUT2D eigenvalue weighted by Crippen LogP contribution is -2.54. The Morgan fingerprint density at radius 2 is 2.00 bits per heavy atom. The Morgan fingerprint density at radius 1 is 1.30 bits per heavy atom. The van der Waals surface area contributed by atoms with Crippen LogP contribution < -0.4 is 0 Å². The van der Waals surface area contributed by atoms with Gasteiger partial charge in [-0.1, -0.05) is 39.0 Å². The van der Waals surface area contributed by atoms with E-state index in [1.165, 1.54) is 37.0 Å². The first kappa shape index (κ1) is 15.3. The summed E-state index contributed by atoms with van der Waals surface area (Å²) in [6.45, 7) is 2.87. The van der Waals surface area contributed by atoms with E-state index in [2.05, 4.69) is 0 Å². The smallest absolute Gasteiger partial charge is 0.328 e. The number of carboxylic acid groups (broad SMARTS) is 1. The van der Waals surface area contributed by atoms with Crippen LogP contribution in [0.2, 0.25) is 0 Å². The van der Waals surface area contributed by atoms with E-state index in [0.717, 1.165) is 6.42 Å². The number of carbonyl (C=O) groups excluding carboxylic acids is 1. The molecule has 1 saturated heterocycles. The average Bonchev–Trinajstić information content (AvgIpc) is 2.47. The molecule has 1 heterocycles. The van der Waals surface area contributed by atoms with Crippen molar-refractivity contribution in [2.45, 2.75) is 51.5 Å². The average molecular weight is 283 g/mol. The van der Waals surface area contributed by atoms with E-state index in [4.69, 9.17) is 4.74 Å². The van der Waals surface area contributed by atoms with Crippen molar-refractivity contribution in [3.63, 3.8) is 0 Å². The molecule has 1 saturated carbocycles. The number of morpholine rings is 1. The second-order valence-electron chi connectivity index (χ2n) is 6.10. The molecular formula is C15H25NO4. The van der Waals surface area contributed by atoms with E-state index in [1.54, 1.807) is 0 Å². The molecule has 0 aromatic carbocycles. The third-order valence-corrected chi connectivity index (χ3v) is 4.53. The van der Waals surface area contributed by atoms with Gasteiger partial charge in [0.2, 0.25) is 5.91 Å². The summed E-state index contributed by atoms with van der Waals surface area (Å²) in [6.07, 6.45) is 7.15. The zero-order valence-corrected chi connectivity index (χ0v) is 12.2. The van der Waals surface area contributed by atoms with Crippen LogP contribution in [0.5, 0.6) is 0 Å². The number of carboxylic acids is 1. The van der Waals surface area contributed by atoms with E-state index in [-0.39, 0.29) is 18.4 Å². The van der Waals surface area contributed by atoms with Gasteiger partial charge in [0.05, 0.1) is 13.2 Å². The molecule has 1 aliphatic carbocycles. The van der Waals surface area contributed by atoms with Crippen LogP contribution in [0.15, 0.2) is 0 Å². The molecule has 2 rings (SSSR count). The molecule has 1 N–H and O–H groups in total. The first-order valence-electron chi connectivity index (χ1n) is 7.70. The third kappa shape index (κ3) is 3.72. The summed E-state index contributed by atoms with van der Waals surface area (Å²) in [5, 5.41) is 9.19. The fourth-order valence-corrected chi connectivity index (χ4v) is 3.38. The number of hydrogen-bond donors (Lipinski definition) is 1. The quantitative estimate of drug-likeness (QED) is 0.855. The van der Waals surface area contributed by atoms with Crippen LogP contribution in [-0.2, 0) is 14.3 Å². The molecule has 2 fully saturated rings. The molecule has 114 valence electrons. The van der Waals surface area contributed by atoms with Crippen molar-refractivity contribution in [2.24, 2.45) is 11.8 Å². The number of nitrogens with zero attached hydrogens (tertiary/aromatic N) is 1. The first-order chi connectivity index (χ1) is 9.59. The maximum absolute atomic E-state index is 12.5. The van der Waals surface area contributed by atoms with Crippen LogP contribution in [-0.4, -0.2) is 47.7 Å². The minimum absolute atomic E-state index is 0.0220. The minimum atomic E-state index is -0.970. The number of rotatable bonds is 4. The number of carbonyl (C=O) groups is 2. The highest BCUT2D eigenvalue weighted by atomic mass is 16.5. The number of hydrogen-bond acceptors (Lipinski definition) is 3. The van der Waals surface area contributed by atoms with Crippen molar-refractivity contribution in [1.82, 2.24) is 4.90 Å². The Balaban J connectivity index is 1.92. The van der Waals surface area contributed by atoms with Gasteiger partial charge in [-0.15, -0.1) is 0 Å². The number of aliphatic carboxylic acids is 1. The van der Waals surface area contributed by atoms with Gasteiger partial charge in [-0.25, -0.2) is 4.79 Å². The standard InChI is InChI=1S/C15H25NO4/c1-11(9-12-5-3-2-4-6-12)14(17)16-7-8-20-10-13(16)15(18)19/h11-13H,2-10H2,1H3,(H,18,19). The van der Waals surface area contributed by atoms with Gasteiger partial charge in [0.15, 0.2) is 6.04 Å². The van der Waals surface area contributed by atoms with Crippen LogP contribution >= 0.6 is 0 Å². The molecular weight excluding hydrogens is 258 g/mol. The molecule has 0 spiro atoms. The van der Waals surface area contributed by atoms with Gasteiger partial charge in [-0.3, -0.25) is 4.79 Å². The van der Waals surface area contributed by atoms with E-state index in [1.807, 2.05) is 6.92 Å². The largest absolute Gasteiger partial charge is 0.480 e. The summed E-state index contributed by atoms with van der Waals surface area (Å²) in [7, 11) is 0. The zero-order chi connectivity index (χ0) is 14.5. The van der Waals surface area contributed by atoms with Gasteiger partial charge in [0.1, 0.15) is 0 Å². The predicted molar refractivity (Wildman–Crippen MR) is 74.3 cm³/mol. The maximum atomic E-state index is 12.5. The van der Waals surface area contributed by atoms with Gasteiger partial charge >= 0.3 is 5.97 Å². The topological polar surface area (TPSA) is 66.8 Å². The fourth-order valence-electron chi connectivity index (χ4n) is 3.38. The van der Waals surface area contributed by atoms with Gasteiger partial charge in [0.25, 0.3) is 0 Å². The van der Waals surface area contributed by atoms with Gasteiger partial charge < -0.3 is 14.7 Å². The van der Waals surface area contributed by atoms with Crippen LogP contribution in [0.4, 0.5) is 0 Å². The van der Waals surface area contributed by atoms with Crippen molar-refractivity contribution in [1.29, 1.82) is 0 Å². The zero-order valence-electron chi connectivity index (χ0n) is 12.2. The summed E-state index contributed by atoms with van der Waals surface area (Å²) in [5.41, 5.74) is 0. The molecule has 2 aliphatic rings. The van der Waals surface area contributed by atoms with Crippen molar-refractivity contribution < 1.29 is 19.4 Å². The van der Waals surface area contributed by atoms with Crippen molar-refractivity contribution in [3.05, 3.63) is 0 Å². The van der Waals surface area contributed by atoms with Crippen LogP contribution in [0.1, 0.15) is 45.4 Å². The van der Waals surface area contributed by atoms with Crippen molar-refractivity contribution in [3.8, 4) is 0 Å². The summed E-state index contributed by atoms with van der Waals surface area (Å²) in [4.78, 5) is 25.2. The summed E-state index contributed by atoms with van der Waals surface area (Å²) < 4.78 is 5.18. The lowest BCUT2D eigenvalue weighted by atomic mass is 9.83. The Labute approximate surface area is 120 Å². The molecule has 20 heavy (non-hydrogen) atoms. The molecule has 2 unspecified atom stereocenters. The lowest BCUT2D eigenvalue weighted by molar-refractivity contribution is -0.160. The van der Waals surface area contributed by atoms with E-state index in [9.17, 15) is 14.7 Å². The second-order valence-corrected chi connectivity index (χ2v) is 6.10. The predicted octanol–water partition coefficient (Wildman–Crippen LogP) is 1.90. The summed E-state index contributed by atoms with van der Waals surface area (Å²) in [6, 6.07) is -0.815. The Kier molecular flexibility index (Phi) is 5.40. The molecule has 5 nitrogen and oxygen atoms in total. The second kappa shape index (κ2) is 7.07. The summed E-state index contributed by atoms with van der Waals surface area (Å²) in [5.74, 6) is -0.445. The summed E-state index contributed by atoms with van der Waals surface area (Å²) >= 11 is 0. The minimum Gasteiger partial charge on any atom is -0.480 e. The Morgan fingerprint density at radius 3 is 2.65 bits per heavy atom. The third-order valence-electron chi connectivity index (χ3n) is 4.53. The van der Waals surface area contributed by atoms with E-state index >= 15 is 0 Å². The molecule has 5 heteroatoms. The molecule has 0 aromatic rings. The highest BCUT2D eigenvalue weighted by molar-refractivity contribution is 5.85. The molecule has 1 amide bonds. The number of ether oxygens (including phenoxy) is 1. The maximum Gasteiger partial charge on any atom is 0.328 e. The molecule has 2 atom stereocenters. The normalized spacial score (nSPS) is 26.2. The van der Waals surface area contributed by atoms with Crippen LogP contribution in [0, 0.1) is 11.8 Å². The van der Waals surface area contributed by atoms with Crippen molar-refractivity contribution in [2.75, 3.05) is 19.8 Å². The van der Waals surface area contributed by atoms with E-state index in [0.29, 0.717) is 19.1 Å². The molecule has 0 aromatic heterocycles. The van der Waals surface area contributed by atoms with E-state index < -0.39 is 12.0 Å².